The van der Waals surface area contributed by atoms with Crippen molar-refractivity contribution in [1.82, 2.24) is 0 Å². The van der Waals surface area contributed by atoms with Crippen LogP contribution in [-0.2, 0) is 17.6 Å². The van der Waals surface area contributed by atoms with Crippen molar-refractivity contribution in [2.45, 2.75) is 25.7 Å². The van der Waals surface area contributed by atoms with Crippen LogP contribution in [0.5, 0.6) is 11.5 Å². The Kier molecular flexibility index (Phi) is 4.81. The maximum absolute atomic E-state index is 12.1. The molecule has 4 nitrogen and oxygen atoms in total. The molecule has 0 unspecified atom stereocenters. The second-order valence-corrected chi connectivity index (χ2v) is 5.66. The minimum atomic E-state index is -0.139. The third-order valence-corrected chi connectivity index (χ3v) is 4.10. The second-order valence-electron chi connectivity index (χ2n) is 5.66. The van der Waals surface area contributed by atoms with Gasteiger partial charge in [-0.3, -0.25) is 4.79 Å². The summed E-state index contributed by atoms with van der Waals surface area (Å²) in [6, 6.07) is 13.3. The van der Waals surface area contributed by atoms with Crippen LogP contribution in [0.1, 0.15) is 24.0 Å². The number of methoxy groups -OCH3 is 1. The summed E-state index contributed by atoms with van der Waals surface area (Å²) in [5.41, 5.74) is 3.55. The number of carbonyl (C=O) groups excluding carboxylic acids is 1. The first-order valence-corrected chi connectivity index (χ1v) is 7.94. The summed E-state index contributed by atoms with van der Waals surface area (Å²) < 4.78 is 10.6. The van der Waals surface area contributed by atoms with Gasteiger partial charge in [-0.2, -0.15) is 0 Å². The van der Waals surface area contributed by atoms with Crippen LogP contribution in [-0.4, -0.2) is 19.6 Å². The molecule has 0 heterocycles. The van der Waals surface area contributed by atoms with E-state index in [9.17, 15) is 4.79 Å². The Hall–Kier alpha value is -2.49. The molecule has 2 aromatic rings. The molecule has 4 heteroatoms. The topological polar surface area (TPSA) is 47.6 Å². The maximum atomic E-state index is 12.1. The molecule has 0 aromatic heterocycles. The van der Waals surface area contributed by atoms with Crippen molar-refractivity contribution in [3.8, 4) is 11.5 Å². The van der Waals surface area contributed by atoms with Crippen LogP contribution in [0.15, 0.2) is 42.5 Å². The van der Waals surface area contributed by atoms with Crippen LogP contribution in [0, 0.1) is 0 Å². The molecule has 120 valence electrons. The van der Waals surface area contributed by atoms with Crippen molar-refractivity contribution in [3.05, 3.63) is 53.6 Å². The van der Waals surface area contributed by atoms with Crippen molar-refractivity contribution < 1.29 is 14.3 Å². The Morgan fingerprint density at radius 1 is 1.04 bits per heavy atom. The smallest absolute Gasteiger partial charge is 0.262 e. The van der Waals surface area contributed by atoms with Gasteiger partial charge in [0, 0.05) is 5.69 Å². The quantitative estimate of drug-likeness (QED) is 0.918. The number of fused-ring (bicyclic) bond motifs is 1. The van der Waals surface area contributed by atoms with Crippen LogP contribution in [0.3, 0.4) is 0 Å². The van der Waals surface area contributed by atoms with Gasteiger partial charge in [0.2, 0.25) is 0 Å². The highest BCUT2D eigenvalue weighted by Crippen LogP contribution is 2.27. The Balaban J connectivity index is 1.59. The normalized spacial score (nSPS) is 13.1. The third kappa shape index (κ3) is 3.83. The highest BCUT2D eigenvalue weighted by molar-refractivity contribution is 5.92. The first-order chi connectivity index (χ1) is 11.3. The molecule has 0 radical (unpaired) electrons. The average molecular weight is 311 g/mol. The lowest BCUT2D eigenvalue weighted by molar-refractivity contribution is -0.118. The number of aryl methyl sites for hydroxylation is 1. The summed E-state index contributed by atoms with van der Waals surface area (Å²) in [6.45, 7) is -0.00397. The van der Waals surface area contributed by atoms with Crippen LogP contribution in [0.25, 0.3) is 0 Å². The number of anilines is 1. The van der Waals surface area contributed by atoms with Crippen LogP contribution in [0.2, 0.25) is 0 Å². The van der Waals surface area contributed by atoms with Crippen LogP contribution < -0.4 is 14.8 Å². The van der Waals surface area contributed by atoms with E-state index in [0.717, 1.165) is 24.3 Å². The maximum Gasteiger partial charge on any atom is 0.262 e. The largest absolute Gasteiger partial charge is 0.497 e. The Morgan fingerprint density at radius 2 is 1.78 bits per heavy atom. The van der Waals surface area contributed by atoms with Crippen molar-refractivity contribution in [2.75, 3.05) is 19.0 Å². The molecule has 1 aliphatic carbocycles. The molecule has 0 spiro atoms. The molecule has 23 heavy (non-hydrogen) atoms. The highest BCUT2D eigenvalue weighted by Gasteiger charge is 2.14. The van der Waals surface area contributed by atoms with Crippen molar-refractivity contribution in [2.24, 2.45) is 0 Å². The van der Waals surface area contributed by atoms with Gasteiger partial charge in [0.25, 0.3) is 5.91 Å². The number of benzene rings is 2. The molecule has 0 aliphatic heterocycles. The van der Waals surface area contributed by atoms with Gasteiger partial charge in [0.1, 0.15) is 11.5 Å². The zero-order valence-corrected chi connectivity index (χ0v) is 13.3. The number of hydrogen-bond donors (Lipinski definition) is 1. The minimum absolute atomic E-state index is 0.00397. The molecule has 2 aromatic carbocycles. The molecule has 0 fully saturated rings. The Labute approximate surface area is 136 Å². The zero-order chi connectivity index (χ0) is 16.1. The fraction of sp³-hybridized carbons (Fsp3) is 0.316. The van der Waals surface area contributed by atoms with Crippen molar-refractivity contribution in [1.29, 1.82) is 0 Å². The van der Waals surface area contributed by atoms with Gasteiger partial charge in [-0.05, 0) is 67.1 Å². The average Bonchev–Trinajstić information content (AvgIpc) is 2.61. The van der Waals surface area contributed by atoms with Crippen LogP contribution >= 0.6 is 0 Å². The van der Waals surface area contributed by atoms with Gasteiger partial charge >= 0.3 is 0 Å². The van der Waals surface area contributed by atoms with Crippen molar-refractivity contribution in [3.63, 3.8) is 0 Å². The second kappa shape index (κ2) is 7.18. The molecule has 1 aliphatic rings. The first-order valence-electron chi connectivity index (χ1n) is 7.94. The summed E-state index contributed by atoms with van der Waals surface area (Å²) in [5, 5.41) is 2.97. The number of amides is 1. The van der Waals surface area contributed by atoms with Gasteiger partial charge < -0.3 is 14.8 Å². The molecular weight excluding hydrogens is 290 g/mol. The molecule has 1 amide bonds. The SMILES string of the molecule is COc1ccc(OCC(=O)Nc2cccc3c2CCCC3)cc1. The molecule has 1 N–H and O–H groups in total. The highest BCUT2D eigenvalue weighted by atomic mass is 16.5. The fourth-order valence-electron chi connectivity index (χ4n) is 2.91. The number of nitrogens with one attached hydrogen (secondary N) is 1. The van der Waals surface area contributed by atoms with Gasteiger partial charge in [0.05, 0.1) is 7.11 Å². The van der Waals surface area contributed by atoms with Gasteiger partial charge in [-0.1, -0.05) is 12.1 Å². The minimum Gasteiger partial charge on any atom is -0.497 e. The molecular formula is C19H21NO3. The van der Waals surface area contributed by atoms with Gasteiger partial charge in [-0.25, -0.2) is 0 Å². The lowest BCUT2D eigenvalue weighted by Crippen LogP contribution is -2.21. The van der Waals surface area contributed by atoms with E-state index in [1.165, 1.54) is 24.0 Å². The molecule has 0 saturated heterocycles. The standard InChI is InChI=1S/C19H21NO3/c1-22-15-9-11-16(12-10-15)23-13-19(21)20-18-8-4-6-14-5-2-3-7-17(14)18/h4,6,8-12H,2-3,5,7,13H2,1H3,(H,20,21). The zero-order valence-electron chi connectivity index (χ0n) is 13.3. The van der Waals surface area contributed by atoms with E-state index in [2.05, 4.69) is 11.4 Å². The van der Waals surface area contributed by atoms with Crippen LogP contribution in [0.4, 0.5) is 5.69 Å². The number of hydrogen-bond acceptors (Lipinski definition) is 3. The Bertz CT molecular complexity index is 680. The number of carbonyl (C=O) groups is 1. The van der Waals surface area contributed by atoms with E-state index >= 15 is 0 Å². The lowest BCUT2D eigenvalue weighted by Gasteiger charge is -2.19. The summed E-state index contributed by atoms with van der Waals surface area (Å²) in [4.78, 5) is 12.1. The van der Waals surface area contributed by atoms with Gasteiger partial charge in [-0.15, -0.1) is 0 Å². The summed E-state index contributed by atoms with van der Waals surface area (Å²) >= 11 is 0. The lowest BCUT2D eigenvalue weighted by atomic mass is 9.90. The van der Waals surface area contributed by atoms with E-state index in [-0.39, 0.29) is 12.5 Å². The molecule has 0 bridgehead atoms. The third-order valence-electron chi connectivity index (χ3n) is 4.10. The summed E-state index contributed by atoms with van der Waals surface area (Å²) in [5.74, 6) is 1.27. The molecule has 0 saturated carbocycles. The fourth-order valence-corrected chi connectivity index (χ4v) is 2.91. The van der Waals surface area contributed by atoms with E-state index < -0.39 is 0 Å². The Morgan fingerprint density at radius 3 is 2.57 bits per heavy atom. The first kappa shape index (κ1) is 15.4. The number of rotatable bonds is 5. The predicted octanol–water partition coefficient (Wildman–Crippen LogP) is 3.59. The summed E-state index contributed by atoms with van der Waals surface area (Å²) in [7, 11) is 1.61. The van der Waals surface area contributed by atoms with E-state index in [0.29, 0.717) is 5.75 Å². The van der Waals surface area contributed by atoms with E-state index in [4.69, 9.17) is 9.47 Å². The van der Waals surface area contributed by atoms with E-state index in [1.54, 1.807) is 31.4 Å². The summed E-state index contributed by atoms with van der Waals surface area (Å²) in [6.07, 6.45) is 4.54. The van der Waals surface area contributed by atoms with Gasteiger partial charge in [0.15, 0.2) is 6.61 Å². The molecule has 0 atom stereocenters. The predicted molar refractivity (Wildman–Crippen MR) is 90.2 cm³/mol. The monoisotopic (exact) mass is 311 g/mol. The van der Waals surface area contributed by atoms with E-state index in [1.807, 2.05) is 12.1 Å². The number of ether oxygens (including phenoxy) is 2. The van der Waals surface area contributed by atoms with Crippen molar-refractivity contribution >= 4 is 11.6 Å². The molecule has 3 rings (SSSR count).